The number of nitrogens with zero attached hydrogens (tertiary/aromatic N) is 1. The third-order valence-electron chi connectivity index (χ3n) is 4.10. The van der Waals surface area contributed by atoms with Gasteiger partial charge in [-0.05, 0) is 56.5 Å². The fraction of sp³-hybridized carbons (Fsp3) is 0.611. The summed E-state index contributed by atoms with van der Waals surface area (Å²) in [5, 5.41) is 6.19. The summed E-state index contributed by atoms with van der Waals surface area (Å²) >= 11 is 0. The molecule has 1 fully saturated rings. The number of piperidine rings is 1. The molecule has 1 saturated heterocycles. The molecule has 0 aliphatic carbocycles. The molecule has 0 spiro atoms. The van der Waals surface area contributed by atoms with Crippen LogP contribution in [0.15, 0.2) is 24.3 Å². The first-order chi connectivity index (χ1) is 11.3. The van der Waals surface area contributed by atoms with Crippen LogP contribution >= 0.6 is 0 Å². The maximum absolute atomic E-state index is 11.9. The lowest BCUT2D eigenvalue weighted by Crippen LogP contribution is -2.29. The van der Waals surface area contributed by atoms with E-state index >= 15 is 0 Å². The lowest BCUT2D eigenvalue weighted by atomic mass is 10.1. The molecule has 1 aromatic carbocycles. The standard InChI is InChI=1S/C18H29N3O2/c1-23-15-5-11-19-12-10-18(22)20-16-6-8-17(9-7-16)21-13-3-2-4-14-21/h6-9,19H,2-5,10-15H2,1H3,(H,20,22). The van der Waals surface area contributed by atoms with E-state index in [4.69, 9.17) is 4.74 Å². The van der Waals surface area contributed by atoms with E-state index in [0.29, 0.717) is 13.0 Å². The molecule has 1 aliphatic heterocycles. The van der Waals surface area contributed by atoms with Gasteiger partial charge in [0.25, 0.3) is 0 Å². The largest absolute Gasteiger partial charge is 0.385 e. The van der Waals surface area contributed by atoms with Crippen molar-refractivity contribution in [2.75, 3.05) is 50.1 Å². The van der Waals surface area contributed by atoms with Gasteiger partial charge in [0.1, 0.15) is 0 Å². The predicted molar refractivity (Wildman–Crippen MR) is 95.1 cm³/mol. The smallest absolute Gasteiger partial charge is 0.225 e. The van der Waals surface area contributed by atoms with E-state index in [1.54, 1.807) is 7.11 Å². The van der Waals surface area contributed by atoms with Crippen LogP contribution in [0.25, 0.3) is 0 Å². The van der Waals surface area contributed by atoms with Gasteiger partial charge in [-0.3, -0.25) is 4.79 Å². The SMILES string of the molecule is COCCCNCCC(=O)Nc1ccc(N2CCCCC2)cc1. The first-order valence-corrected chi connectivity index (χ1v) is 8.64. The van der Waals surface area contributed by atoms with Crippen molar-refractivity contribution < 1.29 is 9.53 Å². The molecule has 1 aromatic rings. The predicted octanol–water partition coefficient (Wildman–Crippen LogP) is 2.63. The molecule has 0 unspecified atom stereocenters. The minimum Gasteiger partial charge on any atom is -0.385 e. The van der Waals surface area contributed by atoms with Gasteiger partial charge in [0.2, 0.25) is 5.91 Å². The summed E-state index contributed by atoms with van der Waals surface area (Å²) in [5.74, 6) is 0.0509. The third kappa shape index (κ3) is 6.59. The molecule has 0 atom stereocenters. The minimum atomic E-state index is 0.0509. The van der Waals surface area contributed by atoms with Crippen LogP contribution in [0.5, 0.6) is 0 Å². The van der Waals surface area contributed by atoms with E-state index in [2.05, 4.69) is 27.7 Å². The van der Waals surface area contributed by atoms with Crippen molar-refractivity contribution in [3.63, 3.8) is 0 Å². The molecule has 0 bridgehead atoms. The summed E-state index contributed by atoms with van der Waals surface area (Å²) < 4.78 is 4.98. The van der Waals surface area contributed by atoms with Crippen molar-refractivity contribution in [3.8, 4) is 0 Å². The molecule has 5 heteroatoms. The van der Waals surface area contributed by atoms with E-state index in [0.717, 1.165) is 38.3 Å². The monoisotopic (exact) mass is 319 g/mol. The quantitative estimate of drug-likeness (QED) is 0.687. The number of carbonyl (C=O) groups excluding carboxylic acids is 1. The molecule has 1 aliphatic rings. The van der Waals surface area contributed by atoms with Crippen LogP contribution in [0.4, 0.5) is 11.4 Å². The van der Waals surface area contributed by atoms with E-state index in [1.807, 2.05) is 12.1 Å². The van der Waals surface area contributed by atoms with E-state index in [-0.39, 0.29) is 5.91 Å². The highest BCUT2D eigenvalue weighted by atomic mass is 16.5. The van der Waals surface area contributed by atoms with Crippen molar-refractivity contribution >= 4 is 17.3 Å². The highest BCUT2D eigenvalue weighted by Gasteiger charge is 2.10. The van der Waals surface area contributed by atoms with Gasteiger partial charge >= 0.3 is 0 Å². The number of ether oxygens (including phenoxy) is 1. The molecule has 0 saturated carbocycles. The highest BCUT2D eigenvalue weighted by Crippen LogP contribution is 2.21. The van der Waals surface area contributed by atoms with Gasteiger partial charge < -0.3 is 20.3 Å². The molecule has 0 aromatic heterocycles. The summed E-state index contributed by atoms with van der Waals surface area (Å²) in [6, 6.07) is 8.19. The lowest BCUT2D eigenvalue weighted by molar-refractivity contribution is -0.116. The van der Waals surface area contributed by atoms with Crippen molar-refractivity contribution in [1.29, 1.82) is 0 Å². The number of methoxy groups -OCH3 is 1. The number of amides is 1. The Morgan fingerprint density at radius 3 is 2.57 bits per heavy atom. The summed E-state index contributed by atoms with van der Waals surface area (Å²) in [5.41, 5.74) is 2.12. The Kier molecular flexibility index (Phi) is 7.90. The molecule has 2 rings (SSSR count). The fourth-order valence-electron chi connectivity index (χ4n) is 2.80. The Hall–Kier alpha value is -1.59. The Bertz CT molecular complexity index is 456. The Morgan fingerprint density at radius 2 is 1.87 bits per heavy atom. The average molecular weight is 319 g/mol. The molecule has 5 nitrogen and oxygen atoms in total. The van der Waals surface area contributed by atoms with Gasteiger partial charge in [0.05, 0.1) is 0 Å². The van der Waals surface area contributed by atoms with E-state index < -0.39 is 0 Å². The van der Waals surface area contributed by atoms with Crippen LogP contribution < -0.4 is 15.5 Å². The number of anilines is 2. The maximum atomic E-state index is 11.9. The average Bonchev–Trinajstić information content (AvgIpc) is 2.59. The van der Waals surface area contributed by atoms with Crippen molar-refractivity contribution in [1.82, 2.24) is 5.32 Å². The van der Waals surface area contributed by atoms with Gasteiger partial charge in [-0.1, -0.05) is 0 Å². The molecule has 23 heavy (non-hydrogen) atoms. The second-order valence-electron chi connectivity index (χ2n) is 5.99. The molecule has 1 amide bonds. The van der Waals surface area contributed by atoms with E-state index in [9.17, 15) is 4.79 Å². The molecule has 0 radical (unpaired) electrons. The van der Waals surface area contributed by atoms with Gasteiger partial charge in [0.15, 0.2) is 0 Å². The second-order valence-corrected chi connectivity index (χ2v) is 5.99. The van der Waals surface area contributed by atoms with E-state index in [1.165, 1.54) is 24.9 Å². The molecular formula is C18H29N3O2. The normalized spacial score (nSPS) is 14.7. The summed E-state index contributed by atoms with van der Waals surface area (Å²) in [7, 11) is 1.70. The van der Waals surface area contributed by atoms with Gasteiger partial charge in [-0.15, -0.1) is 0 Å². The zero-order valence-corrected chi connectivity index (χ0v) is 14.1. The Balaban J connectivity index is 1.67. The molecule has 2 N–H and O–H groups in total. The summed E-state index contributed by atoms with van der Waals surface area (Å²) in [6.07, 6.45) is 5.34. The van der Waals surface area contributed by atoms with Crippen LogP contribution in [0.3, 0.4) is 0 Å². The Labute approximate surface area is 139 Å². The summed E-state index contributed by atoms with van der Waals surface area (Å²) in [6.45, 7) is 4.61. The van der Waals surface area contributed by atoms with Crippen LogP contribution in [0.1, 0.15) is 32.1 Å². The van der Waals surface area contributed by atoms with Gasteiger partial charge in [-0.2, -0.15) is 0 Å². The number of carbonyl (C=O) groups is 1. The zero-order valence-electron chi connectivity index (χ0n) is 14.1. The van der Waals surface area contributed by atoms with Crippen LogP contribution in [0.2, 0.25) is 0 Å². The molecule has 128 valence electrons. The number of benzene rings is 1. The van der Waals surface area contributed by atoms with Crippen LogP contribution in [-0.4, -0.2) is 45.8 Å². The van der Waals surface area contributed by atoms with Crippen LogP contribution in [0, 0.1) is 0 Å². The zero-order chi connectivity index (χ0) is 16.3. The maximum Gasteiger partial charge on any atom is 0.225 e. The summed E-state index contributed by atoms with van der Waals surface area (Å²) in [4.78, 5) is 14.3. The molecular weight excluding hydrogens is 290 g/mol. The van der Waals surface area contributed by atoms with Crippen LogP contribution in [-0.2, 0) is 9.53 Å². The lowest BCUT2D eigenvalue weighted by Gasteiger charge is -2.28. The highest BCUT2D eigenvalue weighted by molar-refractivity contribution is 5.91. The second kappa shape index (κ2) is 10.2. The van der Waals surface area contributed by atoms with Crippen molar-refractivity contribution in [3.05, 3.63) is 24.3 Å². The van der Waals surface area contributed by atoms with Gasteiger partial charge in [0, 0.05) is 51.1 Å². The number of rotatable bonds is 9. The number of hydrogen-bond acceptors (Lipinski definition) is 4. The number of nitrogens with one attached hydrogen (secondary N) is 2. The van der Waals surface area contributed by atoms with Gasteiger partial charge in [-0.25, -0.2) is 0 Å². The minimum absolute atomic E-state index is 0.0509. The number of hydrogen-bond donors (Lipinski definition) is 2. The molecule has 1 heterocycles. The fourth-order valence-corrected chi connectivity index (χ4v) is 2.80. The topological polar surface area (TPSA) is 53.6 Å². The third-order valence-corrected chi connectivity index (χ3v) is 4.10. The first kappa shape index (κ1) is 17.8. The Morgan fingerprint density at radius 1 is 1.13 bits per heavy atom. The van der Waals surface area contributed by atoms with Crippen molar-refractivity contribution in [2.45, 2.75) is 32.1 Å². The first-order valence-electron chi connectivity index (χ1n) is 8.64. The van der Waals surface area contributed by atoms with Crippen molar-refractivity contribution in [2.24, 2.45) is 0 Å².